The van der Waals surface area contributed by atoms with Gasteiger partial charge in [0.25, 0.3) is 0 Å². The average Bonchev–Trinajstić information content (AvgIpc) is 2.59. The van der Waals surface area contributed by atoms with Crippen molar-refractivity contribution in [3.8, 4) is 0 Å². The van der Waals surface area contributed by atoms with Crippen molar-refractivity contribution in [2.24, 2.45) is 0 Å². The van der Waals surface area contributed by atoms with E-state index < -0.39 is 5.79 Å². The van der Waals surface area contributed by atoms with Crippen LogP contribution in [0.1, 0.15) is 93.9 Å². The van der Waals surface area contributed by atoms with Crippen molar-refractivity contribution in [2.45, 2.75) is 115 Å². The van der Waals surface area contributed by atoms with Crippen LogP contribution in [0.3, 0.4) is 0 Å². The van der Waals surface area contributed by atoms with E-state index in [1.807, 2.05) is 27.7 Å². The molecule has 0 bridgehead atoms. The molecular weight excluding hydrogens is 415 g/mol. The Bertz CT molecular complexity index is 375. The molecule has 0 radical (unpaired) electrons. The number of ether oxygens (including phenoxy) is 1. The third-order valence-corrected chi connectivity index (χ3v) is 5.53. The van der Waals surface area contributed by atoms with Gasteiger partial charge in [0.15, 0.2) is 0 Å². The lowest BCUT2D eigenvalue weighted by atomic mass is 9.82. The number of rotatable bonds is 1. The zero-order valence-electron chi connectivity index (χ0n) is 15.8. The molecule has 3 unspecified atom stereocenters. The van der Waals surface area contributed by atoms with E-state index in [9.17, 15) is 0 Å². The summed E-state index contributed by atoms with van der Waals surface area (Å²) in [6, 6.07) is 0. The SMILES string of the molecule is C.CC.CC.CC(I)C1=CC2OC3(CCCCC3)OOC2(C)CC1. The molecule has 1 saturated heterocycles. The minimum absolute atomic E-state index is 0. The molecule has 1 spiro atoms. The highest BCUT2D eigenvalue weighted by Gasteiger charge is 2.51. The molecule has 1 aliphatic heterocycles. The second-order valence-electron chi connectivity index (χ2n) is 6.35. The van der Waals surface area contributed by atoms with Crippen LogP contribution in [0.25, 0.3) is 0 Å². The molecule has 3 nitrogen and oxygen atoms in total. The fourth-order valence-corrected chi connectivity index (χ4v) is 3.80. The van der Waals surface area contributed by atoms with E-state index in [-0.39, 0.29) is 19.1 Å². The molecule has 0 aromatic heterocycles. The molecule has 4 heteroatoms. The molecule has 2 fully saturated rings. The molecule has 0 amide bonds. The van der Waals surface area contributed by atoms with Gasteiger partial charge in [-0.25, -0.2) is 9.78 Å². The number of halogens is 1. The Morgan fingerprint density at radius 2 is 1.62 bits per heavy atom. The van der Waals surface area contributed by atoms with E-state index in [0.717, 1.165) is 25.7 Å². The fraction of sp³-hybridized carbons (Fsp3) is 0.900. The second kappa shape index (κ2) is 11.1. The molecule has 3 rings (SSSR count). The molecule has 3 aliphatic rings. The lowest BCUT2D eigenvalue weighted by Crippen LogP contribution is -2.57. The molecule has 0 aromatic carbocycles. The first kappa shape index (κ1) is 24.4. The highest BCUT2D eigenvalue weighted by Crippen LogP contribution is 2.45. The monoisotopic (exact) mass is 454 g/mol. The van der Waals surface area contributed by atoms with Crippen molar-refractivity contribution >= 4 is 22.6 Å². The molecule has 2 aliphatic carbocycles. The summed E-state index contributed by atoms with van der Waals surface area (Å²) >= 11 is 2.48. The van der Waals surface area contributed by atoms with Gasteiger partial charge in [0, 0.05) is 16.8 Å². The van der Waals surface area contributed by atoms with E-state index in [0.29, 0.717) is 3.92 Å². The summed E-state index contributed by atoms with van der Waals surface area (Å²) in [4.78, 5) is 11.5. The Labute approximate surface area is 164 Å². The molecule has 1 saturated carbocycles. The molecule has 144 valence electrons. The zero-order chi connectivity index (χ0) is 17.5. The van der Waals surface area contributed by atoms with Gasteiger partial charge in [-0.05, 0) is 39.5 Å². The first-order chi connectivity index (χ1) is 11.0. The standard InChI is InChI=1S/C15H23IO3.2C2H6.CH4/c1-11(16)12-6-9-14(2)13(10-12)17-15(19-18-14)7-4-3-5-8-15;2*1-2;/h10-11,13H,3-9H2,1-2H3;2*1-2H3;1H4. The van der Waals surface area contributed by atoms with E-state index in [1.165, 1.54) is 24.8 Å². The van der Waals surface area contributed by atoms with Crippen LogP contribution in [-0.4, -0.2) is 21.4 Å². The summed E-state index contributed by atoms with van der Waals surface area (Å²) < 4.78 is 6.94. The summed E-state index contributed by atoms with van der Waals surface area (Å²) in [5, 5.41) is 0. The number of hydrogen-bond donors (Lipinski definition) is 0. The Hall–Kier alpha value is 0.350. The van der Waals surface area contributed by atoms with Gasteiger partial charge in [0.1, 0.15) is 11.7 Å². The van der Waals surface area contributed by atoms with Crippen molar-refractivity contribution in [3.63, 3.8) is 0 Å². The zero-order valence-corrected chi connectivity index (χ0v) is 17.9. The van der Waals surface area contributed by atoms with Gasteiger partial charge in [-0.3, -0.25) is 0 Å². The van der Waals surface area contributed by atoms with Crippen LogP contribution in [-0.2, 0) is 14.5 Å². The average molecular weight is 454 g/mol. The quantitative estimate of drug-likeness (QED) is 0.185. The predicted molar refractivity (Wildman–Crippen MR) is 111 cm³/mol. The largest absolute Gasteiger partial charge is 0.337 e. The topological polar surface area (TPSA) is 27.7 Å². The molecule has 0 aromatic rings. The van der Waals surface area contributed by atoms with Crippen LogP contribution < -0.4 is 0 Å². The summed E-state index contributed by atoms with van der Waals surface area (Å²) in [5.41, 5.74) is 1.18. The lowest BCUT2D eigenvalue weighted by molar-refractivity contribution is -0.526. The smallest absolute Gasteiger partial charge is 0.202 e. The Morgan fingerprint density at radius 3 is 2.17 bits per heavy atom. The predicted octanol–water partition coefficient (Wildman–Crippen LogP) is 6.98. The molecule has 24 heavy (non-hydrogen) atoms. The summed E-state index contributed by atoms with van der Waals surface area (Å²) in [7, 11) is 0. The summed E-state index contributed by atoms with van der Waals surface area (Å²) in [5.74, 6) is -0.476. The third kappa shape index (κ3) is 5.68. The Balaban J connectivity index is 0.000000987. The van der Waals surface area contributed by atoms with Gasteiger partial charge in [0.2, 0.25) is 5.79 Å². The molecular formula is C20H39IO3. The highest BCUT2D eigenvalue weighted by molar-refractivity contribution is 14.1. The number of hydrogen-bond acceptors (Lipinski definition) is 3. The van der Waals surface area contributed by atoms with Crippen molar-refractivity contribution in [2.75, 3.05) is 0 Å². The van der Waals surface area contributed by atoms with Crippen LogP contribution in [0.15, 0.2) is 11.6 Å². The van der Waals surface area contributed by atoms with Crippen LogP contribution in [0.2, 0.25) is 0 Å². The number of fused-ring (bicyclic) bond motifs is 1. The number of alkyl halides is 1. The van der Waals surface area contributed by atoms with Gasteiger partial charge in [-0.15, -0.1) is 0 Å². The van der Waals surface area contributed by atoms with E-state index in [1.54, 1.807) is 0 Å². The second-order valence-corrected chi connectivity index (χ2v) is 8.22. The summed E-state index contributed by atoms with van der Waals surface area (Å²) in [6.45, 7) is 12.4. The van der Waals surface area contributed by atoms with Crippen LogP contribution in [0.4, 0.5) is 0 Å². The van der Waals surface area contributed by atoms with Crippen LogP contribution in [0.5, 0.6) is 0 Å². The molecule has 1 heterocycles. The summed E-state index contributed by atoms with van der Waals surface area (Å²) in [6.07, 6.45) is 9.94. The fourth-order valence-electron chi connectivity index (χ4n) is 3.28. The molecule has 0 N–H and O–H groups in total. The van der Waals surface area contributed by atoms with Crippen LogP contribution in [0, 0.1) is 0 Å². The Kier molecular flexibility index (Phi) is 11.3. The maximum Gasteiger partial charge on any atom is 0.202 e. The van der Waals surface area contributed by atoms with E-state index in [4.69, 9.17) is 14.5 Å². The van der Waals surface area contributed by atoms with Gasteiger partial charge < -0.3 is 4.74 Å². The first-order valence-electron chi connectivity index (χ1n) is 9.42. The third-order valence-electron chi connectivity index (χ3n) is 4.73. The van der Waals surface area contributed by atoms with Crippen molar-refractivity contribution in [1.29, 1.82) is 0 Å². The maximum absolute atomic E-state index is 6.38. The molecule has 3 atom stereocenters. The Morgan fingerprint density at radius 1 is 1.04 bits per heavy atom. The van der Waals surface area contributed by atoms with Gasteiger partial charge in [-0.1, -0.05) is 75.8 Å². The van der Waals surface area contributed by atoms with Crippen LogP contribution >= 0.6 is 22.6 Å². The van der Waals surface area contributed by atoms with E-state index in [2.05, 4.69) is 42.5 Å². The van der Waals surface area contributed by atoms with Gasteiger partial charge in [0.05, 0.1) is 0 Å². The first-order valence-corrected chi connectivity index (χ1v) is 10.7. The van der Waals surface area contributed by atoms with E-state index >= 15 is 0 Å². The lowest BCUT2D eigenvalue weighted by Gasteiger charge is -2.50. The van der Waals surface area contributed by atoms with Crippen molar-refractivity contribution in [3.05, 3.63) is 11.6 Å². The van der Waals surface area contributed by atoms with Crippen molar-refractivity contribution < 1.29 is 14.5 Å². The van der Waals surface area contributed by atoms with Crippen molar-refractivity contribution in [1.82, 2.24) is 0 Å². The minimum Gasteiger partial charge on any atom is -0.337 e. The number of allylic oxidation sites excluding steroid dienone is 1. The highest BCUT2D eigenvalue weighted by atomic mass is 127. The van der Waals surface area contributed by atoms with Gasteiger partial charge >= 0.3 is 0 Å². The minimum atomic E-state index is -0.476. The normalized spacial score (nSPS) is 31.8. The van der Waals surface area contributed by atoms with Gasteiger partial charge in [-0.2, -0.15) is 0 Å². The maximum atomic E-state index is 6.38.